The van der Waals surface area contributed by atoms with Gasteiger partial charge in [-0.25, -0.2) is 9.78 Å². The lowest BCUT2D eigenvalue weighted by atomic mass is 10.1. The third-order valence-electron chi connectivity index (χ3n) is 5.58. The lowest BCUT2D eigenvalue weighted by Gasteiger charge is -2.39. The van der Waals surface area contributed by atoms with Crippen LogP contribution in [0.3, 0.4) is 0 Å². The number of aromatic nitrogens is 2. The van der Waals surface area contributed by atoms with Crippen LogP contribution >= 0.6 is 0 Å². The summed E-state index contributed by atoms with van der Waals surface area (Å²) in [6.07, 6.45) is 2.04. The van der Waals surface area contributed by atoms with E-state index in [2.05, 4.69) is 29.5 Å². The van der Waals surface area contributed by atoms with Gasteiger partial charge in [-0.3, -0.25) is 10.1 Å². The second kappa shape index (κ2) is 10.4. The van der Waals surface area contributed by atoms with Gasteiger partial charge in [0.2, 0.25) is 11.9 Å². The molecule has 3 rings (SSSR count). The maximum atomic E-state index is 12.7. The van der Waals surface area contributed by atoms with Crippen molar-refractivity contribution >= 4 is 40.8 Å². The van der Waals surface area contributed by atoms with E-state index in [1.165, 1.54) is 0 Å². The Hall–Kier alpha value is -3.56. The van der Waals surface area contributed by atoms with Crippen LogP contribution in [-0.4, -0.2) is 54.3 Å². The molecule has 0 saturated heterocycles. The second-order valence-electron chi connectivity index (χ2n) is 10.0. The maximum absolute atomic E-state index is 12.7. The number of anilines is 5. The number of fused-ring (bicyclic) bond motifs is 1. The number of hydrogen-bond donors (Lipinski definition) is 2. The Kier molecular flexibility index (Phi) is 7.72. The van der Waals surface area contributed by atoms with E-state index in [4.69, 9.17) is 14.5 Å². The van der Waals surface area contributed by atoms with Crippen LogP contribution in [-0.2, 0) is 9.53 Å². The van der Waals surface area contributed by atoms with Gasteiger partial charge in [0.05, 0.1) is 19.0 Å². The molecule has 10 heteroatoms. The predicted molar refractivity (Wildman–Crippen MR) is 138 cm³/mol. The summed E-state index contributed by atoms with van der Waals surface area (Å²) in [5.41, 5.74) is 1.23. The minimum absolute atomic E-state index is 0.0142. The molecule has 2 amide bonds. The molecular formula is C25H36N6O4. The van der Waals surface area contributed by atoms with Crippen molar-refractivity contribution < 1.29 is 19.1 Å². The molecule has 1 aromatic carbocycles. The van der Waals surface area contributed by atoms with Crippen LogP contribution in [0.1, 0.15) is 48.0 Å². The smallest absolute Gasteiger partial charge is 0.412 e. The lowest BCUT2D eigenvalue weighted by molar-refractivity contribution is -0.119. The van der Waals surface area contributed by atoms with Crippen LogP contribution in [0.4, 0.5) is 33.6 Å². The Morgan fingerprint density at radius 2 is 1.97 bits per heavy atom. The van der Waals surface area contributed by atoms with E-state index in [-0.39, 0.29) is 11.9 Å². The van der Waals surface area contributed by atoms with Crippen LogP contribution in [0.25, 0.3) is 0 Å². The van der Waals surface area contributed by atoms with Gasteiger partial charge < -0.3 is 24.6 Å². The third-order valence-corrected chi connectivity index (χ3v) is 5.58. The van der Waals surface area contributed by atoms with E-state index in [0.29, 0.717) is 40.5 Å². The van der Waals surface area contributed by atoms with Crippen LogP contribution in [0.2, 0.25) is 0 Å². The standard InChI is InChI=1S/C25H36N6O4/c1-15(2)11-12-31-16(3)22(32)30(7)19-14-26-23(29-21(19)31)28-18-10-9-17(13-20(18)34-8)27-24(33)35-25(4,5)6/h9-10,13-16H,11-12H2,1-8H3,(H,27,33)(H,26,28,29)/t16-/m1/s1. The van der Waals surface area contributed by atoms with Crippen molar-refractivity contribution in [1.29, 1.82) is 0 Å². The summed E-state index contributed by atoms with van der Waals surface area (Å²) in [5.74, 6) is 2.09. The van der Waals surface area contributed by atoms with E-state index in [9.17, 15) is 9.59 Å². The summed E-state index contributed by atoms with van der Waals surface area (Å²) < 4.78 is 10.8. The molecule has 10 nitrogen and oxygen atoms in total. The van der Waals surface area contributed by atoms with Crippen molar-refractivity contribution in [2.24, 2.45) is 5.92 Å². The molecule has 2 N–H and O–H groups in total. The fourth-order valence-corrected chi connectivity index (χ4v) is 3.70. The van der Waals surface area contributed by atoms with Crippen molar-refractivity contribution in [3.05, 3.63) is 24.4 Å². The number of nitrogens with one attached hydrogen (secondary N) is 2. The highest BCUT2D eigenvalue weighted by atomic mass is 16.6. The molecule has 2 aromatic rings. The molecule has 1 aliphatic heterocycles. The molecule has 1 atom stereocenters. The number of ether oxygens (including phenoxy) is 2. The number of carbonyl (C=O) groups excluding carboxylic acids is 2. The summed E-state index contributed by atoms with van der Waals surface area (Å²) in [7, 11) is 3.29. The van der Waals surface area contributed by atoms with Gasteiger partial charge in [-0.2, -0.15) is 4.98 Å². The molecule has 0 bridgehead atoms. The zero-order valence-electron chi connectivity index (χ0n) is 21.8. The van der Waals surface area contributed by atoms with Crippen LogP contribution < -0.4 is 25.2 Å². The number of benzene rings is 1. The van der Waals surface area contributed by atoms with Gasteiger partial charge in [-0.05, 0) is 52.2 Å². The normalized spacial score (nSPS) is 15.7. The molecular weight excluding hydrogens is 448 g/mol. The van der Waals surface area contributed by atoms with Gasteiger partial charge >= 0.3 is 6.09 Å². The van der Waals surface area contributed by atoms with Gasteiger partial charge in [0.1, 0.15) is 23.1 Å². The fraction of sp³-hybridized carbons (Fsp3) is 0.520. The number of amides is 2. The second-order valence-corrected chi connectivity index (χ2v) is 10.0. The summed E-state index contributed by atoms with van der Waals surface area (Å²) in [4.78, 5) is 37.7. The number of methoxy groups -OCH3 is 1. The maximum Gasteiger partial charge on any atom is 0.412 e. The SMILES string of the molecule is COc1cc(NC(=O)OC(C)(C)C)ccc1Nc1ncc2c(n1)N(CCC(C)C)[C@H](C)C(=O)N2C. The molecule has 0 aliphatic carbocycles. The first-order chi connectivity index (χ1) is 16.4. The summed E-state index contributed by atoms with van der Waals surface area (Å²) in [6.45, 7) is 12.3. The first kappa shape index (κ1) is 26.1. The molecule has 0 radical (unpaired) electrons. The number of carbonyl (C=O) groups is 2. The minimum Gasteiger partial charge on any atom is -0.494 e. The Morgan fingerprint density at radius 3 is 2.60 bits per heavy atom. The van der Waals surface area contributed by atoms with Crippen molar-refractivity contribution in [2.45, 2.75) is 59.6 Å². The number of nitrogens with zero attached hydrogens (tertiary/aromatic N) is 4. The van der Waals surface area contributed by atoms with E-state index < -0.39 is 11.7 Å². The van der Waals surface area contributed by atoms with E-state index in [1.54, 1.807) is 64.2 Å². The summed E-state index contributed by atoms with van der Waals surface area (Å²) >= 11 is 0. The molecule has 0 unspecified atom stereocenters. The van der Waals surface area contributed by atoms with Crippen molar-refractivity contribution in [2.75, 3.05) is 41.1 Å². The highest BCUT2D eigenvalue weighted by Gasteiger charge is 2.35. The monoisotopic (exact) mass is 484 g/mol. The minimum atomic E-state index is -0.599. The van der Waals surface area contributed by atoms with Crippen molar-refractivity contribution in [3.8, 4) is 5.75 Å². The highest BCUT2D eigenvalue weighted by Crippen LogP contribution is 2.36. The Labute approximate surface area is 207 Å². The summed E-state index contributed by atoms with van der Waals surface area (Å²) in [6, 6.07) is 4.87. The van der Waals surface area contributed by atoms with Crippen LogP contribution in [0.15, 0.2) is 24.4 Å². The Bertz CT molecular complexity index is 1080. The fourth-order valence-electron chi connectivity index (χ4n) is 3.70. The first-order valence-electron chi connectivity index (χ1n) is 11.8. The van der Waals surface area contributed by atoms with Crippen molar-refractivity contribution in [1.82, 2.24) is 9.97 Å². The molecule has 1 aromatic heterocycles. The third kappa shape index (κ3) is 6.32. The van der Waals surface area contributed by atoms with Gasteiger partial charge in [0, 0.05) is 25.3 Å². The highest BCUT2D eigenvalue weighted by molar-refractivity contribution is 6.04. The Morgan fingerprint density at radius 1 is 1.26 bits per heavy atom. The van der Waals surface area contributed by atoms with Gasteiger partial charge in [0.25, 0.3) is 0 Å². The quantitative estimate of drug-likeness (QED) is 0.577. The molecule has 2 heterocycles. The number of hydrogen-bond acceptors (Lipinski definition) is 8. The van der Waals surface area contributed by atoms with E-state index in [0.717, 1.165) is 13.0 Å². The Balaban J connectivity index is 1.85. The van der Waals surface area contributed by atoms with Gasteiger partial charge in [-0.15, -0.1) is 0 Å². The molecule has 0 spiro atoms. The zero-order valence-corrected chi connectivity index (χ0v) is 21.8. The number of likely N-dealkylation sites (N-methyl/N-ethyl adjacent to an activating group) is 1. The predicted octanol–water partition coefficient (Wildman–Crippen LogP) is 4.79. The zero-order chi connectivity index (χ0) is 25.9. The molecule has 0 fully saturated rings. The molecule has 35 heavy (non-hydrogen) atoms. The molecule has 0 saturated carbocycles. The largest absolute Gasteiger partial charge is 0.494 e. The van der Waals surface area contributed by atoms with Crippen LogP contribution in [0.5, 0.6) is 5.75 Å². The van der Waals surface area contributed by atoms with Crippen LogP contribution in [0, 0.1) is 5.92 Å². The number of rotatable bonds is 7. The van der Waals surface area contributed by atoms with E-state index >= 15 is 0 Å². The lowest BCUT2D eigenvalue weighted by Crippen LogP contribution is -2.51. The van der Waals surface area contributed by atoms with Gasteiger partial charge in [0.15, 0.2) is 5.82 Å². The first-order valence-corrected chi connectivity index (χ1v) is 11.8. The average Bonchev–Trinajstić information content (AvgIpc) is 2.77. The molecule has 190 valence electrons. The summed E-state index contributed by atoms with van der Waals surface area (Å²) in [5, 5.41) is 5.90. The van der Waals surface area contributed by atoms with Gasteiger partial charge in [-0.1, -0.05) is 13.8 Å². The topological polar surface area (TPSA) is 109 Å². The van der Waals surface area contributed by atoms with E-state index in [1.807, 2.05) is 11.8 Å². The molecule has 1 aliphatic rings. The average molecular weight is 485 g/mol. The van der Waals surface area contributed by atoms with Crippen molar-refractivity contribution in [3.63, 3.8) is 0 Å².